The van der Waals surface area contributed by atoms with Gasteiger partial charge in [0.1, 0.15) is 11.3 Å². The lowest BCUT2D eigenvalue weighted by Gasteiger charge is -2.31. The molecule has 1 saturated heterocycles. The number of amides is 1. The number of methoxy groups -OCH3 is 1. The molecule has 0 bridgehead atoms. The van der Waals surface area contributed by atoms with Gasteiger partial charge in [-0.25, -0.2) is 14.6 Å². The van der Waals surface area contributed by atoms with Crippen LogP contribution >= 0.6 is 0 Å². The summed E-state index contributed by atoms with van der Waals surface area (Å²) in [5.41, 5.74) is 1.24. The molecule has 0 atom stereocenters. The summed E-state index contributed by atoms with van der Waals surface area (Å²) in [6, 6.07) is 3.48. The van der Waals surface area contributed by atoms with E-state index in [1.54, 1.807) is 11.0 Å². The molecule has 2 heterocycles. The van der Waals surface area contributed by atoms with Gasteiger partial charge in [0, 0.05) is 30.3 Å². The highest BCUT2D eigenvalue weighted by atomic mass is 16.6. The molecule has 1 aromatic heterocycles. The van der Waals surface area contributed by atoms with E-state index in [1.165, 1.54) is 7.11 Å². The first-order valence-corrected chi connectivity index (χ1v) is 8.74. The number of esters is 1. The zero-order valence-corrected chi connectivity index (χ0v) is 16.1. The Morgan fingerprint density at radius 1 is 1.23 bits per heavy atom. The lowest BCUT2D eigenvalue weighted by atomic mass is 9.97. The van der Waals surface area contributed by atoms with Crippen LogP contribution in [0.25, 0.3) is 0 Å². The first-order valence-electron chi connectivity index (χ1n) is 8.74. The van der Waals surface area contributed by atoms with Crippen molar-refractivity contribution in [3.63, 3.8) is 0 Å². The van der Waals surface area contributed by atoms with Gasteiger partial charge in [0.25, 0.3) is 0 Å². The Balaban J connectivity index is 1.97. The van der Waals surface area contributed by atoms with Crippen molar-refractivity contribution in [2.45, 2.75) is 46.1 Å². The molecule has 6 nitrogen and oxygen atoms in total. The summed E-state index contributed by atoms with van der Waals surface area (Å²) < 4.78 is 10.1. The number of pyridine rings is 1. The van der Waals surface area contributed by atoms with Crippen LogP contribution in [0.4, 0.5) is 4.79 Å². The molecule has 0 N–H and O–H groups in total. The maximum absolute atomic E-state index is 12.1. The monoisotopic (exact) mass is 358 g/mol. The van der Waals surface area contributed by atoms with E-state index in [0.29, 0.717) is 13.1 Å². The Morgan fingerprint density at radius 3 is 2.46 bits per heavy atom. The van der Waals surface area contributed by atoms with Gasteiger partial charge in [-0.05, 0) is 52.7 Å². The standard InChI is InChI=1S/C20H26N2O4/c1-14-12-16(13-17(21-14)18(23)25-5)7-6-15-8-10-22(11-9-15)19(24)26-20(2,3)4/h12-13,15H,8-11H2,1-5H3. The predicted molar refractivity (Wildman–Crippen MR) is 97.7 cm³/mol. The van der Waals surface area contributed by atoms with Crippen molar-refractivity contribution < 1.29 is 19.1 Å². The second-order valence-corrected chi connectivity index (χ2v) is 7.39. The van der Waals surface area contributed by atoms with Crippen molar-refractivity contribution in [2.75, 3.05) is 20.2 Å². The van der Waals surface area contributed by atoms with Crippen LogP contribution in [-0.4, -0.2) is 47.7 Å². The topological polar surface area (TPSA) is 68.7 Å². The van der Waals surface area contributed by atoms with E-state index in [1.807, 2.05) is 33.8 Å². The Morgan fingerprint density at radius 2 is 1.88 bits per heavy atom. The molecule has 1 aliphatic heterocycles. The molecule has 0 aromatic carbocycles. The van der Waals surface area contributed by atoms with Crippen molar-refractivity contribution in [1.29, 1.82) is 0 Å². The van der Waals surface area contributed by atoms with Crippen molar-refractivity contribution in [2.24, 2.45) is 5.92 Å². The Labute approximate surface area is 154 Å². The van der Waals surface area contributed by atoms with Crippen LogP contribution in [0.2, 0.25) is 0 Å². The molecule has 6 heteroatoms. The number of nitrogens with zero attached hydrogens (tertiary/aromatic N) is 2. The van der Waals surface area contributed by atoms with Gasteiger partial charge >= 0.3 is 12.1 Å². The van der Waals surface area contributed by atoms with Gasteiger partial charge in [0.2, 0.25) is 0 Å². The lowest BCUT2D eigenvalue weighted by Crippen LogP contribution is -2.41. The minimum Gasteiger partial charge on any atom is -0.464 e. The number of ether oxygens (including phenoxy) is 2. The van der Waals surface area contributed by atoms with Crippen LogP contribution in [0.5, 0.6) is 0 Å². The van der Waals surface area contributed by atoms with Crippen LogP contribution < -0.4 is 0 Å². The molecule has 1 aliphatic rings. The molecule has 0 spiro atoms. The van der Waals surface area contributed by atoms with Crippen LogP contribution in [0.3, 0.4) is 0 Å². The summed E-state index contributed by atoms with van der Waals surface area (Å²) in [6.45, 7) is 8.68. The van der Waals surface area contributed by atoms with E-state index >= 15 is 0 Å². The van der Waals surface area contributed by atoms with Crippen LogP contribution in [-0.2, 0) is 9.47 Å². The number of likely N-dealkylation sites (tertiary alicyclic amines) is 1. The highest BCUT2D eigenvalue weighted by Gasteiger charge is 2.26. The first kappa shape index (κ1) is 19.8. The normalized spacial score (nSPS) is 15.0. The third kappa shape index (κ3) is 5.76. The van der Waals surface area contributed by atoms with Gasteiger partial charge in [-0.15, -0.1) is 0 Å². The van der Waals surface area contributed by atoms with E-state index in [0.717, 1.165) is 24.1 Å². The number of aromatic nitrogens is 1. The number of carbonyl (C=O) groups is 2. The van der Waals surface area contributed by atoms with E-state index in [4.69, 9.17) is 9.47 Å². The number of rotatable bonds is 1. The molecule has 0 aliphatic carbocycles. The molecular weight excluding hydrogens is 332 g/mol. The molecule has 1 amide bonds. The fourth-order valence-electron chi connectivity index (χ4n) is 2.67. The van der Waals surface area contributed by atoms with Gasteiger partial charge in [0.15, 0.2) is 0 Å². The van der Waals surface area contributed by atoms with Crippen LogP contribution in [0, 0.1) is 24.7 Å². The zero-order chi connectivity index (χ0) is 19.3. The molecule has 1 fully saturated rings. The van der Waals surface area contributed by atoms with Crippen LogP contribution in [0.15, 0.2) is 12.1 Å². The summed E-state index contributed by atoms with van der Waals surface area (Å²) in [4.78, 5) is 29.6. The molecule has 0 unspecified atom stereocenters. The summed E-state index contributed by atoms with van der Waals surface area (Å²) >= 11 is 0. The molecule has 1 aromatic rings. The quantitative estimate of drug-likeness (QED) is 0.570. The van der Waals surface area contributed by atoms with Gasteiger partial charge < -0.3 is 14.4 Å². The van der Waals surface area contributed by atoms with Gasteiger partial charge in [0.05, 0.1) is 7.11 Å². The first-order chi connectivity index (χ1) is 12.2. The summed E-state index contributed by atoms with van der Waals surface area (Å²) in [7, 11) is 1.33. The minimum atomic E-state index is -0.482. The third-order valence-corrected chi connectivity index (χ3v) is 3.92. The average molecular weight is 358 g/mol. The molecule has 26 heavy (non-hydrogen) atoms. The second kappa shape index (κ2) is 8.22. The van der Waals surface area contributed by atoms with Gasteiger partial charge in [-0.2, -0.15) is 0 Å². The zero-order valence-electron chi connectivity index (χ0n) is 16.1. The largest absolute Gasteiger partial charge is 0.464 e. The van der Waals surface area contributed by atoms with E-state index < -0.39 is 11.6 Å². The van der Waals surface area contributed by atoms with E-state index in [-0.39, 0.29) is 17.7 Å². The fourth-order valence-corrected chi connectivity index (χ4v) is 2.67. The molecule has 0 radical (unpaired) electrons. The smallest absolute Gasteiger partial charge is 0.410 e. The van der Waals surface area contributed by atoms with Gasteiger partial charge in [-0.1, -0.05) is 11.8 Å². The predicted octanol–water partition coefficient (Wildman–Crippen LogP) is 3.18. The van der Waals surface area contributed by atoms with E-state index in [9.17, 15) is 9.59 Å². The fraction of sp³-hybridized carbons (Fsp3) is 0.550. The summed E-state index contributed by atoms with van der Waals surface area (Å²) in [5.74, 6) is 6.11. The number of hydrogen-bond acceptors (Lipinski definition) is 5. The molecule has 140 valence electrons. The van der Waals surface area contributed by atoms with E-state index in [2.05, 4.69) is 16.8 Å². The maximum atomic E-state index is 12.1. The Bertz CT molecular complexity index is 732. The summed E-state index contributed by atoms with van der Waals surface area (Å²) in [6.07, 6.45) is 1.34. The number of hydrogen-bond donors (Lipinski definition) is 0. The maximum Gasteiger partial charge on any atom is 0.410 e. The highest BCUT2D eigenvalue weighted by molar-refractivity contribution is 5.87. The highest BCUT2D eigenvalue weighted by Crippen LogP contribution is 2.19. The van der Waals surface area contributed by atoms with Crippen molar-refractivity contribution in [3.8, 4) is 11.8 Å². The molecule has 2 rings (SSSR count). The lowest BCUT2D eigenvalue weighted by molar-refractivity contribution is 0.0199. The number of piperidine rings is 1. The van der Waals surface area contributed by atoms with Crippen molar-refractivity contribution in [3.05, 3.63) is 29.1 Å². The molecular formula is C20H26N2O4. The van der Waals surface area contributed by atoms with Gasteiger partial charge in [-0.3, -0.25) is 0 Å². The van der Waals surface area contributed by atoms with Crippen molar-refractivity contribution >= 4 is 12.1 Å². The Kier molecular flexibility index (Phi) is 6.25. The second-order valence-electron chi connectivity index (χ2n) is 7.39. The summed E-state index contributed by atoms with van der Waals surface area (Å²) in [5, 5.41) is 0. The van der Waals surface area contributed by atoms with Crippen LogP contribution in [0.1, 0.15) is 55.4 Å². The minimum absolute atomic E-state index is 0.212. The number of aryl methyl sites for hydroxylation is 1. The SMILES string of the molecule is COC(=O)c1cc(C#CC2CCN(C(=O)OC(C)(C)C)CC2)cc(C)n1. The number of carbonyl (C=O) groups excluding carboxylic acids is 2. The average Bonchev–Trinajstić information content (AvgIpc) is 2.57. The van der Waals surface area contributed by atoms with Crippen molar-refractivity contribution in [1.82, 2.24) is 9.88 Å². The molecule has 0 saturated carbocycles. The Hall–Kier alpha value is -2.55. The third-order valence-electron chi connectivity index (χ3n) is 3.92.